The van der Waals surface area contributed by atoms with Gasteiger partial charge in [0.05, 0.1) is 0 Å². The lowest BCUT2D eigenvalue weighted by Crippen LogP contribution is -2.41. The maximum Gasteiger partial charge on any atom is 0.00958 e. The Hall–Kier alpha value is -0.0400. The average Bonchev–Trinajstić information content (AvgIpc) is 2.18. The van der Waals surface area contributed by atoms with E-state index in [1.54, 1.807) is 0 Å². The van der Waals surface area contributed by atoms with E-state index in [4.69, 9.17) is 5.73 Å². The van der Waals surface area contributed by atoms with Crippen LogP contribution in [0.25, 0.3) is 0 Å². The van der Waals surface area contributed by atoms with Crippen LogP contribution >= 0.6 is 0 Å². The molecule has 1 heteroatoms. The van der Waals surface area contributed by atoms with Crippen molar-refractivity contribution in [3.8, 4) is 0 Å². The first-order chi connectivity index (χ1) is 3.38. The molecular formula is C6H11N. The van der Waals surface area contributed by atoms with E-state index in [-0.39, 0.29) is 0 Å². The maximum absolute atomic E-state index is 5.73. The third kappa shape index (κ3) is 0.325. The molecule has 7 heavy (non-hydrogen) atoms. The molecule has 2 atom stereocenters. The number of hydrogen-bond acceptors (Lipinski definition) is 1. The van der Waals surface area contributed by atoms with Crippen molar-refractivity contribution in [2.75, 3.05) is 0 Å². The molecule has 0 amide bonds. The quantitative estimate of drug-likeness (QED) is 0.474. The van der Waals surface area contributed by atoms with E-state index in [0.717, 1.165) is 11.8 Å². The van der Waals surface area contributed by atoms with E-state index in [1.807, 2.05) is 0 Å². The third-order valence-corrected chi connectivity index (χ3v) is 2.60. The Morgan fingerprint density at radius 2 is 1.71 bits per heavy atom. The summed E-state index contributed by atoms with van der Waals surface area (Å²) < 4.78 is 0. The average molecular weight is 97.2 g/mol. The molecule has 1 nitrogen and oxygen atoms in total. The highest BCUT2D eigenvalue weighted by Crippen LogP contribution is 2.46. The Labute approximate surface area is 43.9 Å². The molecule has 0 heterocycles. The fourth-order valence-corrected chi connectivity index (χ4v) is 1.94. The van der Waals surface area contributed by atoms with Gasteiger partial charge >= 0.3 is 0 Å². The van der Waals surface area contributed by atoms with E-state index in [9.17, 15) is 0 Å². The Morgan fingerprint density at radius 1 is 1.14 bits per heavy atom. The molecule has 3 aliphatic carbocycles. The zero-order valence-electron chi connectivity index (χ0n) is 4.43. The molecule has 3 rings (SSSR count). The Balaban J connectivity index is 2.14. The number of fused-ring (bicyclic) bond motifs is 1. The second kappa shape index (κ2) is 1.03. The van der Waals surface area contributed by atoms with E-state index < -0.39 is 0 Å². The first-order valence-corrected chi connectivity index (χ1v) is 3.13. The van der Waals surface area contributed by atoms with Crippen molar-refractivity contribution in [3.05, 3.63) is 0 Å². The molecular weight excluding hydrogens is 86.1 g/mol. The summed E-state index contributed by atoms with van der Waals surface area (Å²) in [6.45, 7) is 0. The van der Waals surface area contributed by atoms with Crippen LogP contribution in [-0.4, -0.2) is 6.04 Å². The Kier molecular flexibility index (Phi) is 0.571. The topological polar surface area (TPSA) is 26.0 Å². The van der Waals surface area contributed by atoms with Gasteiger partial charge in [0.25, 0.3) is 0 Å². The monoisotopic (exact) mass is 97.1 g/mol. The highest BCUT2D eigenvalue weighted by atomic mass is 14.8. The van der Waals surface area contributed by atoms with Crippen molar-refractivity contribution in [3.63, 3.8) is 0 Å². The van der Waals surface area contributed by atoms with Crippen molar-refractivity contribution in [1.29, 1.82) is 0 Å². The van der Waals surface area contributed by atoms with Crippen LogP contribution in [0.3, 0.4) is 0 Å². The minimum absolute atomic E-state index is 0.611. The fraction of sp³-hybridized carbons (Fsp3) is 1.00. The predicted octanol–water partition coefficient (Wildman–Crippen LogP) is 0.744. The summed E-state index contributed by atoms with van der Waals surface area (Å²) in [7, 11) is 0. The van der Waals surface area contributed by atoms with Crippen molar-refractivity contribution >= 4 is 0 Å². The molecule has 2 unspecified atom stereocenters. The normalized spacial score (nSPS) is 57.0. The molecule has 3 aliphatic rings. The van der Waals surface area contributed by atoms with Crippen LogP contribution in [0.1, 0.15) is 19.3 Å². The van der Waals surface area contributed by atoms with Crippen molar-refractivity contribution < 1.29 is 0 Å². The SMILES string of the molecule is NC1C2CCC1C2. The molecule has 40 valence electrons. The van der Waals surface area contributed by atoms with Gasteiger partial charge in [0.1, 0.15) is 0 Å². The van der Waals surface area contributed by atoms with Gasteiger partial charge in [-0.2, -0.15) is 0 Å². The van der Waals surface area contributed by atoms with Gasteiger partial charge in [-0.05, 0) is 31.1 Å². The summed E-state index contributed by atoms with van der Waals surface area (Å²) in [6, 6.07) is 0.611. The Bertz CT molecular complexity index is 76.2. The van der Waals surface area contributed by atoms with Gasteiger partial charge in [-0.25, -0.2) is 0 Å². The molecule has 0 radical (unpaired) electrons. The standard InChI is InChI=1S/C6H11N/c7-6-4-1-2-5(6)3-4/h4-6H,1-3,7H2. The molecule has 0 aromatic rings. The van der Waals surface area contributed by atoms with Gasteiger partial charge in [0, 0.05) is 6.04 Å². The molecule has 0 saturated heterocycles. The van der Waals surface area contributed by atoms with Gasteiger partial charge < -0.3 is 5.73 Å². The number of nitrogens with two attached hydrogens (primary N) is 1. The number of hydrogen-bond donors (Lipinski definition) is 1. The molecule has 2 N–H and O–H groups in total. The summed E-state index contributed by atoms with van der Waals surface area (Å²) in [5.41, 5.74) is 5.73. The van der Waals surface area contributed by atoms with Crippen LogP contribution in [0.4, 0.5) is 0 Å². The maximum atomic E-state index is 5.73. The summed E-state index contributed by atoms with van der Waals surface area (Å²) in [5.74, 6) is 1.87. The second-order valence-electron chi connectivity index (χ2n) is 2.91. The van der Waals surface area contributed by atoms with Crippen molar-refractivity contribution in [2.24, 2.45) is 17.6 Å². The smallest absolute Gasteiger partial charge is 0.00958 e. The van der Waals surface area contributed by atoms with E-state index in [2.05, 4.69) is 0 Å². The second-order valence-corrected chi connectivity index (χ2v) is 2.91. The van der Waals surface area contributed by atoms with Gasteiger partial charge in [-0.1, -0.05) is 0 Å². The minimum Gasteiger partial charge on any atom is -0.327 e. The molecule has 0 aromatic heterocycles. The zero-order valence-corrected chi connectivity index (χ0v) is 4.43. The van der Waals surface area contributed by atoms with Crippen LogP contribution in [0, 0.1) is 11.8 Å². The lowest BCUT2D eigenvalue weighted by molar-refractivity contribution is 0.242. The lowest BCUT2D eigenvalue weighted by atomic mass is 9.79. The third-order valence-electron chi connectivity index (χ3n) is 2.60. The van der Waals surface area contributed by atoms with Gasteiger partial charge in [-0.3, -0.25) is 0 Å². The zero-order chi connectivity index (χ0) is 4.85. The van der Waals surface area contributed by atoms with Crippen LogP contribution in [0.2, 0.25) is 0 Å². The van der Waals surface area contributed by atoms with Gasteiger partial charge in [0.15, 0.2) is 0 Å². The highest BCUT2D eigenvalue weighted by molar-refractivity contribution is 4.98. The summed E-state index contributed by atoms with van der Waals surface area (Å²) in [5, 5.41) is 0. The molecule has 0 spiro atoms. The lowest BCUT2D eigenvalue weighted by Gasteiger charge is -2.31. The van der Waals surface area contributed by atoms with Crippen LogP contribution in [0.15, 0.2) is 0 Å². The summed E-state index contributed by atoms with van der Waals surface area (Å²) >= 11 is 0. The van der Waals surface area contributed by atoms with Crippen molar-refractivity contribution in [1.82, 2.24) is 0 Å². The predicted molar refractivity (Wildman–Crippen MR) is 28.8 cm³/mol. The van der Waals surface area contributed by atoms with Gasteiger partial charge in [-0.15, -0.1) is 0 Å². The first kappa shape index (κ1) is 3.90. The van der Waals surface area contributed by atoms with Gasteiger partial charge in [0.2, 0.25) is 0 Å². The number of rotatable bonds is 0. The van der Waals surface area contributed by atoms with Crippen LogP contribution in [-0.2, 0) is 0 Å². The first-order valence-electron chi connectivity index (χ1n) is 3.13. The van der Waals surface area contributed by atoms with E-state index >= 15 is 0 Å². The molecule has 0 aromatic carbocycles. The fourth-order valence-electron chi connectivity index (χ4n) is 1.94. The molecule has 3 saturated carbocycles. The van der Waals surface area contributed by atoms with Crippen molar-refractivity contribution in [2.45, 2.75) is 25.3 Å². The van der Waals surface area contributed by atoms with E-state index in [0.29, 0.717) is 6.04 Å². The minimum atomic E-state index is 0.611. The van der Waals surface area contributed by atoms with Crippen LogP contribution in [0.5, 0.6) is 0 Å². The molecule has 2 bridgehead atoms. The Morgan fingerprint density at radius 3 is 1.86 bits per heavy atom. The largest absolute Gasteiger partial charge is 0.327 e. The summed E-state index contributed by atoms with van der Waals surface area (Å²) in [6.07, 6.45) is 4.29. The van der Waals surface area contributed by atoms with E-state index in [1.165, 1.54) is 19.3 Å². The molecule has 3 fully saturated rings. The highest BCUT2D eigenvalue weighted by Gasteiger charge is 2.43. The summed E-state index contributed by atoms with van der Waals surface area (Å²) in [4.78, 5) is 0. The molecule has 0 aliphatic heterocycles. The van der Waals surface area contributed by atoms with Crippen LogP contribution < -0.4 is 5.73 Å².